The second kappa shape index (κ2) is 8.92. The highest BCUT2D eigenvalue weighted by Gasteiger charge is 2.15. The van der Waals surface area contributed by atoms with E-state index in [0.717, 1.165) is 16.9 Å². The summed E-state index contributed by atoms with van der Waals surface area (Å²) in [6, 6.07) is 20.5. The van der Waals surface area contributed by atoms with Crippen LogP contribution in [0.4, 0.5) is 0 Å². The quantitative estimate of drug-likeness (QED) is 0.385. The maximum atomic E-state index is 13.3. The second-order valence-corrected chi connectivity index (χ2v) is 7.67. The van der Waals surface area contributed by atoms with Crippen LogP contribution in [-0.2, 0) is 11.3 Å². The van der Waals surface area contributed by atoms with Crippen LogP contribution in [0.25, 0.3) is 16.6 Å². The van der Waals surface area contributed by atoms with Gasteiger partial charge in [-0.05, 0) is 42.8 Å². The van der Waals surface area contributed by atoms with Crippen molar-refractivity contribution in [2.45, 2.75) is 18.6 Å². The zero-order chi connectivity index (χ0) is 20.9. The lowest BCUT2D eigenvalue weighted by atomic mass is 10.2. The Kier molecular flexibility index (Phi) is 5.90. The molecule has 0 unspecified atom stereocenters. The van der Waals surface area contributed by atoms with Gasteiger partial charge in [0.1, 0.15) is 0 Å². The zero-order valence-corrected chi connectivity index (χ0v) is 17.2. The number of nitrogens with one attached hydrogen (secondary N) is 1. The molecule has 150 valence electrons. The largest absolute Gasteiger partial charge is 0.350 e. The van der Waals surface area contributed by atoms with Crippen molar-refractivity contribution in [2.24, 2.45) is 0 Å². The molecule has 4 rings (SSSR count). The Balaban J connectivity index is 1.63. The highest BCUT2D eigenvalue weighted by molar-refractivity contribution is 7.99. The third-order valence-electron chi connectivity index (χ3n) is 4.63. The van der Waals surface area contributed by atoms with Gasteiger partial charge in [-0.25, -0.2) is 4.98 Å². The van der Waals surface area contributed by atoms with Crippen molar-refractivity contribution in [3.8, 4) is 5.69 Å². The third kappa shape index (κ3) is 4.26. The number of pyridine rings is 1. The van der Waals surface area contributed by atoms with Crippen molar-refractivity contribution in [3.05, 3.63) is 94.5 Å². The molecular weight excluding hydrogens is 396 g/mol. The molecule has 2 aromatic heterocycles. The summed E-state index contributed by atoms with van der Waals surface area (Å²) in [5.41, 5.74) is 2.97. The van der Waals surface area contributed by atoms with Crippen LogP contribution in [0.5, 0.6) is 0 Å². The molecule has 0 aliphatic heterocycles. The molecule has 0 spiro atoms. The van der Waals surface area contributed by atoms with Crippen LogP contribution in [0.1, 0.15) is 11.3 Å². The first-order valence-electron chi connectivity index (χ1n) is 9.50. The second-order valence-electron chi connectivity index (χ2n) is 6.73. The Morgan fingerprint density at radius 3 is 2.60 bits per heavy atom. The zero-order valence-electron chi connectivity index (χ0n) is 16.4. The molecule has 0 radical (unpaired) electrons. The minimum Gasteiger partial charge on any atom is -0.350 e. The van der Waals surface area contributed by atoms with Gasteiger partial charge in [0, 0.05) is 6.20 Å². The molecule has 1 amide bonds. The van der Waals surface area contributed by atoms with Gasteiger partial charge in [0.05, 0.1) is 34.6 Å². The molecule has 0 saturated heterocycles. The summed E-state index contributed by atoms with van der Waals surface area (Å²) in [5, 5.41) is 3.89. The summed E-state index contributed by atoms with van der Waals surface area (Å²) in [6.45, 7) is 2.31. The molecule has 30 heavy (non-hydrogen) atoms. The van der Waals surface area contributed by atoms with E-state index in [-0.39, 0.29) is 17.2 Å². The summed E-state index contributed by atoms with van der Waals surface area (Å²) < 4.78 is 1.59. The number of carbonyl (C=O) groups excluding carboxylic acids is 1. The fraction of sp³-hybridized carbons (Fsp3) is 0.130. The topological polar surface area (TPSA) is 76.9 Å². The Morgan fingerprint density at radius 2 is 1.80 bits per heavy atom. The van der Waals surface area contributed by atoms with Crippen LogP contribution in [0.3, 0.4) is 0 Å². The lowest BCUT2D eigenvalue weighted by Crippen LogP contribution is -2.26. The number of carbonyl (C=O) groups is 1. The fourth-order valence-electron chi connectivity index (χ4n) is 3.11. The van der Waals surface area contributed by atoms with Gasteiger partial charge in [0.25, 0.3) is 5.56 Å². The standard InChI is InChI=1S/C23H20N4O2S/c1-16-8-2-5-12-20(16)27-22(29)18-10-3-4-11-19(18)26-23(27)30-15-21(28)25-14-17-9-6-7-13-24-17/h2-13H,14-15H2,1H3,(H,25,28). The van der Waals surface area contributed by atoms with Crippen LogP contribution in [-0.4, -0.2) is 26.2 Å². The maximum absolute atomic E-state index is 13.3. The summed E-state index contributed by atoms with van der Waals surface area (Å²) in [7, 11) is 0. The van der Waals surface area contributed by atoms with Gasteiger partial charge >= 0.3 is 0 Å². The summed E-state index contributed by atoms with van der Waals surface area (Å²) in [4.78, 5) is 34.5. The maximum Gasteiger partial charge on any atom is 0.266 e. The highest BCUT2D eigenvalue weighted by atomic mass is 32.2. The Bertz CT molecular complexity index is 1260. The van der Waals surface area contributed by atoms with Crippen LogP contribution in [0, 0.1) is 6.92 Å². The Labute approximate surface area is 178 Å². The van der Waals surface area contributed by atoms with Crippen molar-refractivity contribution in [1.82, 2.24) is 19.9 Å². The van der Waals surface area contributed by atoms with E-state index in [9.17, 15) is 9.59 Å². The first-order chi connectivity index (χ1) is 14.6. The minimum atomic E-state index is -0.149. The molecule has 7 heteroatoms. The molecule has 0 aliphatic carbocycles. The average molecular weight is 417 g/mol. The van der Waals surface area contributed by atoms with E-state index in [2.05, 4.69) is 15.3 Å². The normalized spacial score (nSPS) is 10.8. The highest BCUT2D eigenvalue weighted by Crippen LogP contribution is 2.23. The molecule has 0 saturated carbocycles. The third-order valence-corrected chi connectivity index (χ3v) is 5.57. The van der Waals surface area contributed by atoms with E-state index in [1.54, 1.807) is 16.8 Å². The van der Waals surface area contributed by atoms with Gasteiger partial charge in [0.15, 0.2) is 5.16 Å². The van der Waals surface area contributed by atoms with Gasteiger partial charge in [-0.15, -0.1) is 0 Å². The van der Waals surface area contributed by atoms with E-state index in [0.29, 0.717) is 22.6 Å². The van der Waals surface area contributed by atoms with Crippen molar-refractivity contribution in [3.63, 3.8) is 0 Å². The molecule has 0 atom stereocenters. The smallest absolute Gasteiger partial charge is 0.266 e. The van der Waals surface area contributed by atoms with E-state index >= 15 is 0 Å². The number of aromatic nitrogens is 3. The van der Waals surface area contributed by atoms with Crippen LogP contribution in [0.15, 0.2) is 82.9 Å². The van der Waals surface area contributed by atoms with E-state index in [4.69, 9.17) is 0 Å². The van der Waals surface area contributed by atoms with Crippen LogP contribution in [0.2, 0.25) is 0 Å². The van der Waals surface area contributed by atoms with Gasteiger partial charge < -0.3 is 5.32 Å². The lowest BCUT2D eigenvalue weighted by molar-refractivity contribution is -0.118. The molecule has 6 nitrogen and oxygen atoms in total. The van der Waals surface area contributed by atoms with Gasteiger partial charge in [-0.3, -0.25) is 19.1 Å². The first kappa shape index (κ1) is 19.8. The predicted molar refractivity (Wildman–Crippen MR) is 119 cm³/mol. The number of amides is 1. The fourth-order valence-corrected chi connectivity index (χ4v) is 3.94. The van der Waals surface area contributed by atoms with E-state index in [1.807, 2.05) is 67.6 Å². The van der Waals surface area contributed by atoms with Gasteiger partial charge in [0.2, 0.25) is 5.91 Å². The number of para-hydroxylation sites is 2. The van der Waals surface area contributed by atoms with Crippen molar-refractivity contribution in [1.29, 1.82) is 0 Å². The molecule has 2 heterocycles. The van der Waals surface area contributed by atoms with Gasteiger partial charge in [-0.1, -0.05) is 48.2 Å². The van der Waals surface area contributed by atoms with Crippen LogP contribution >= 0.6 is 11.8 Å². The number of nitrogens with zero attached hydrogens (tertiary/aromatic N) is 3. The van der Waals surface area contributed by atoms with Crippen LogP contribution < -0.4 is 10.9 Å². The first-order valence-corrected chi connectivity index (χ1v) is 10.5. The van der Waals surface area contributed by atoms with E-state index < -0.39 is 0 Å². The number of hydrogen-bond acceptors (Lipinski definition) is 5. The molecule has 0 fully saturated rings. The van der Waals surface area contributed by atoms with Gasteiger partial charge in [-0.2, -0.15) is 0 Å². The molecule has 1 N–H and O–H groups in total. The number of benzene rings is 2. The summed E-state index contributed by atoms with van der Waals surface area (Å²) in [5.74, 6) is -0.00635. The van der Waals surface area contributed by atoms with E-state index in [1.165, 1.54) is 11.8 Å². The number of hydrogen-bond donors (Lipinski definition) is 1. The number of aryl methyl sites for hydroxylation is 1. The summed E-state index contributed by atoms with van der Waals surface area (Å²) in [6.07, 6.45) is 1.69. The molecule has 4 aromatic rings. The monoisotopic (exact) mass is 416 g/mol. The molecule has 2 aromatic carbocycles. The predicted octanol–water partition coefficient (Wildman–Crippen LogP) is 3.50. The molecule has 0 aliphatic rings. The number of rotatable bonds is 6. The average Bonchev–Trinajstić information content (AvgIpc) is 2.78. The Hall–Kier alpha value is -3.45. The molecule has 0 bridgehead atoms. The van der Waals surface area contributed by atoms with Crippen molar-refractivity contribution in [2.75, 3.05) is 5.75 Å². The molecular formula is C23H20N4O2S. The lowest BCUT2D eigenvalue weighted by Gasteiger charge is -2.15. The SMILES string of the molecule is Cc1ccccc1-n1c(SCC(=O)NCc2ccccn2)nc2ccccc2c1=O. The van der Waals surface area contributed by atoms with Crippen molar-refractivity contribution >= 4 is 28.6 Å². The van der Waals surface area contributed by atoms with Crippen molar-refractivity contribution < 1.29 is 4.79 Å². The Morgan fingerprint density at radius 1 is 1.03 bits per heavy atom. The number of thioether (sulfide) groups is 1. The minimum absolute atomic E-state index is 0.142. The summed E-state index contributed by atoms with van der Waals surface area (Å²) >= 11 is 1.24. The number of fused-ring (bicyclic) bond motifs is 1.